The van der Waals surface area contributed by atoms with Crippen LogP contribution in [0.2, 0.25) is 0 Å². The second-order valence-corrected chi connectivity index (χ2v) is 11.5. The summed E-state index contributed by atoms with van der Waals surface area (Å²) in [5, 5.41) is 2.90. The zero-order chi connectivity index (χ0) is 21.9. The van der Waals surface area contributed by atoms with Crippen LogP contribution in [0.15, 0.2) is 51.8 Å². The largest absolute Gasteiger partial charge is 0.352 e. The SMILES string of the molecule is CC(C)(C)c1ccc(CCNC(=O)c2cc(S(=O)(=O)N3CCCC3)ccc2Br)cc1. The van der Waals surface area contributed by atoms with E-state index in [0.29, 0.717) is 36.1 Å². The molecule has 1 aliphatic rings. The second-order valence-electron chi connectivity index (χ2n) is 8.71. The Balaban J connectivity index is 1.65. The summed E-state index contributed by atoms with van der Waals surface area (Å²) in [6.07, 6.45) is 2.46. The summed E-state index contributed by atoms with van der Waals surface area (Å²) in [5.74, 6) is -0.286. The summed E-state index contributed by atoms with van der Waals surface area (Å²) in [6.45, 7) is 8.08. The van der Waals surface area contributed by atoms with Crippen LogP contribution in [-0.4, -0.2) is 38.3 Å². The predicted octanol–water partition coefficient (Wildman–Crippen LogP) is 4.50. The molecule has 7 heteroatoms. The van der Waals surface area contributed by atoms with Crippen molar-refractivity contribution in [3.8, 4) is 0 Å². The predicted molar refractivity (Wildman–Crippen MR) is 123 cm³/mol. The van der Waals surface area contributed by atoms with Crippen LogP contribution in [0.5, 0.6) is 0 Å². The molecule has 0 radical (unpaired) electrons. The number of hydrogen-bond donors (Lipinski definition) is 1. The zero-order valence-electron chi connectivity index (χ0n) is 17.7. The van der Waals surface area contributed by atoms with E-state index in [9.17, 15) is 13.2 Å². The summed E-state index contributed by atoms with van der Waals surface area (Å²) in [7, 11) is -3.56. The van der Waals surface area contributed by atoms with E-state index in [2.05, 4.69) is 66.3 Å². The van der Waals surface area contributed by atoms with Crippen LogP contribution in [0.25, 0.3) is 0 Å². The van der Waals surface area contributed by atoms with Crippen molar-refractivity contribution >= 4 is 31.9 Å². The minimum absolute atomic E-state index is 0.111. The second kappa shape index (κ2) is 9.20. The van der Waals surface area contributed by atoms with E-state index >= 15 is 0 Å². The molecule has 0 atom stereocenters. The Bertz CT molecular complexity index is 1010. The van der Waals surface area contributed by atoms with Gasteiger partial charge in [0.25, 0.3) is 5.91 Å². The highest BCUT2D eigenvalue weighted by Gasteiger charge is 2.28. The fourth-order valence-electron chi connectivity index (χ4n) is 3.50. The number of nitrogens with zero attached hydrogens (tertiary/aromatic N) is 1. The number of benzene rings is 2. The molecule has 1 N–H and O–H groups in total. The van der Waals surface area contributed by atoms with Crippen LogP contribution < -0.4 is 5.32 Å². The van der Waals surface area contributed by atoms with Crippen LogP contribution >= 0.6 is 15.9 Å². The molecule has 1 fully saturated rings. The summed E-state index contributed by atoms with van der Waals surface area (Å²) < 4.78 is 27.7. The highest BCUT2D eigenvalue weighted by Crippen LogP contribution is 2.26. The molecule has 5 nitrogen and oxygen atoms in total. The Kier molecular flexibility index (Phi) is 7.05. The summed E-state index contributed by atoms with van der Waals surface area (Å²) in [4.78, 5) is 12.9. The third kappa shape index (κ3) is 5.31. The first-order valence-electron chi connectivity index (χ1n) is 10.3. The first-order valence-corrected chi connectivity index (χ1v) is 12.5. The Morgan fingerprint density at radius 3 is 2.30 bits per heavy atom. The lowest BCUT2D eigenvalue weighted by molar-refractivity contribution is 0.0953. The standard InChI is InChI=1S/C23H29BrN2O3S/c1-23(2,3)18-8-6-17(7-9-18)12-13-25-22(27)20-16-19(10-11-21(20)24)30(28,29)26-14-4-5-15-26/h6-11,16H,4-5,12-15H2,1-3H3,(H,25,27). The van der Waals surface area contributed by atoms with Gasteiger partial charge in [-0.3, -0.25) is 4.79 Å². The average Bonchev–Trinajstić information content (AvgIpc) is 3.23. The van der Waals surface area contributed by atoms with E-state index in [4.69, 9.17) is 0 Å². The normalized spacial score (nSPS) is 15.3. The quantitative estimate of drug-likeness (QED) is 0.645. The monoisotopic (exact) mass is 492 g/mol. The average molecular weight is 493 g/mol. The van der Waals surface area contributed by atoms with Crippen molar-refractivity contribution in [1.82, 2.24) is 9.62 Å². The van der Waals surface area contributed by atoms with Gasteiger partial charge >= 0.3 is 0 Å². The smallest absolute Gasteiger partial charge is 0.252 e. The topological polar surface area (TPSA) is 66.5 Å². The lowest BCUT2D eigenvalue weighted by atomic mass is 9.86. The zero-order valence-corrected chi connectivity index (χ0v) is 20.1. The van der Waals surface area contributed by atoms with Crippen molar-refractivity contribution in [2.24, 2.45) is 0 Å². The minimum atomic E-state index is -3.56. The number of amides is 1. The molecule has 0 aliphatic carbocycles. The lowest BCUT2D eigenvalue weighted by Crippen LogP contribution is -2.29. The number of nitrogens with one attached hydrogen (secondary N) is 1. The maximum absolute atomic E-state index is 12.8. The van der Waals surface area contributed by atoms with Crippen molar-refractivity contribution in [3.05, 3.63) is 63.6 Å². The lowest BCUT2D eigenvalue weighted by Gasteiger charge is -2.19. The number of rotatable bonds is 6. The molecule has 162 valence electrons. The maximum atomic E-state index is 12.8. The van der Waals surface area contributed by atoms with E-state index in [-0.39, 0.29) is 16.2 Å². The fraction of sp³-hybridized carbons (Fsp3) is 0.435. The molecule has 1 aliphatic heterocycles. The summed E-state index contributed by atoms with van der Waals surface area (Å²) in [5.41, 5.74) is 2.86. The van der Waals surface area contributed by atoms with Gasteiger partial charge in [-0.05, 0) is 69.9 Å². The van der Waals surface area contributed by atoms with E-state index in [1.54, 1.807) is 12.1 Å². The van der Waals surface area contributed by atoms with Crippen LogP contribution in [-0.2, 0) is 21.9 Å². The highest BCUT2D eigenvalue weighted by molar-refractivity contribution is 9.10. The molecule has 0 saturated carbocycles. The summed E-state index contributed by atoms with van der Waals surface area (Å²) in [6, 6.07) is 13.1. The van der Waals surface area contributed by atoms with Gasteiger partial charge in [0.2, 0.25) is 10.0 Å². The van der Waals surface area contributed by atoms with Crippen LogP contribution in [0.4, 0.5) is 0 Å². The molecule has 30 heavy (non-hydrogen) atoms. The Morgan fingerprint density at radius 1 is 1.07 bits per heavy atom. The van der Waals surface area contributed by atoms with E-state index in [0.717, 1.165) is 18.4 Å². The number of hydrogen-bond acceptors (Lipinski definition) is 3. The number of sulfonamides is 1. The Morgan fingerprint density at radius 2 is 1.70 bits per heavy atom. The van der Waals surface area contributed by atoms with Gasteiger partial charge in [-0.2, -0.15) is 4.31 Å². The molecule has 0 bridgehead atoms. The van der Waals surface area contributed by atoms with Crippen molar-refractivity contribution in [3.63, 3.8) is 0 Å². The fourth-order valence-corrected chi connectivity index (χ4v) is 5.47. The Hall–Kier alpha value is -1.70. The van der Waals surface area contributed by atoms with Crippen molar-refractivity contribution < 1.29 is 13.2 Å². The van der Waals surface area contributed by atoms with Gasteiger partial charge in [-0.15, -0.1) is 0 Å². The van der Waals surface area contributed by atoms with Gasteiger partial charge in [0.1, 0.15) is 0 Å². The van der Waals surface area contributed by atoms with Gasteiger partial charge in [-0.25, -0.2) is 8.42 Å². The van der Waals surface area contributed by atoms with Gasteiger partial charge in [0.15, 0.2) is 0 Å². The van der Waals surface area contributed by atoms with Gasteiger partial charge in [-0.1, -0.05) is 45.0 Å². The number of halogens is 1. The molecule has 0 spiro atoms. The third-order valence-corrected chi connectivity index (χ3v) is 7.99. The molecule has 2 aromatic carbocycles. The first kappa shape index (κ1) is 23.0. The molecule has 3 rings (SSSR count). The van der Waals surface area contributed by atoms with Gasteiger partial charge in [0.05, 0.1) is 10.5 Å². The molecule has 1 heterocycles. The van der Waals surface area contributed by atoms with E-state index < -0.39 is 10.0 Å². The molecule has 0 aromatic heterocycles. The van der Waals surface area contributed by atoms with E-state index in [1.807, 2.05) is 0 Å². The summed E-state index contributed by atoms with van der Waals surface area (Å²) >= 11 is 3.38. The minimum Gasteiger partial charge on any atom is -0.352 e. The Labute approximate surface area is 188 Å². The van der Waals surface area contributed by atoms with Crippen LogP contribution in [0, 0.1) is 0 Å². The molecular weight excluding hydrogens is 464 g/mol. The van der Waals surface area contributed by atoms with Crippen molar-refractivity contribution in [1.29, 1.82) is 0 Å². The molecule has 1 amide bonds. The van der Waals surface area contributed by atoms with Crippen molar-refractivity contribution in [2.45, 2.75) is 50.3 Å². The molecule has 2 aromatic rings. The van der Waals surface area contributed by atoms with E-state index in [1.165, 1.54) is 15.9 Å². The maximum Gasteiger partial charge on any atom is 0.252 e. The molecular formula is C23H29BrN2O3S. The van der Waals surface area contributed by atoms with Crippen molar-refractivity contribution in [2.75, 3.05) is 19.6 Å². The number of carbonyl (C=O) groups excluding carboxylic acids is 1. The van der Waals surface area contributed by atoms with Gasteiger partial charge < -0.3 is 5.32 Å². The van der Waals surface area contributed by atoms with Crippen LogP contribution in [0.1, 0.15) is 55.1 Å². The van der Waals surface area contributed by atoms with Crippen LogP contribution in [0.3, 0.4) is 0 Å². The molecule has 0 unspecified atom stereocenters. The number of carbonyl (C=O) groups is 1. The third-order valence-electron chi connectivity index (χ3n) is 5.40. The first-order chi connectivity index (χ1) is 14.1. The highest BCUT2D eigenvalue weighted by atomic mass is 79.9. The van der Waals surface area contributed by atoms with Gasteiger partial charge in [0, 0.05) is 24.1 Å². The molecule has 1 saturated heterocycles.